The van der Waals surface area contributed by atoms with Gasteiger partial charge in [-0.05, 0) is 31.0 Å². The Morgan fingerprint density at radius 1 is 1.11 bits per heavy atom. The summed E-state index contributed by atoms with van der Waals surface area (Å²) < 4.78 is 16.6. The summed E-state index contributed by atoms with van der Waals surface area (Å²) in [7, 11) is 0. The largest absolute Gasteiger partial charge is 0.504 e. The average Bonchev–Trinajstić information content (AvgIpc) is 2.86. The SMILES string of the molecule is CC=C1C(OC2CC(CO)C(O)C(O)C2O)OC=C(C(=O)O)C1CC(=O)OCCc1ccc(O)c(O)c1. The standard InChI is InChI=1S/C25H32O12/c1-2-14-15(9-20(29)35-6-5-12-3-4-17(27)18(28)7-12)16(24(33)34)11-36-25(14)37-19-8-13(10-26)21(30)23(32)22(19)31/h2-4,7,11,13,15,19,21-23,25-28,30-32H,5-6,8-10H2,1H3,(H,33,34). The smallest absolute Gasteiger partial charge is 0.335 e. The van der Waals surface area contributed by atoms with Crippen LogP contribution in [0.4, 0.5) is 0 Å². The molecule has 1 aromatic rings. The molecule has 1 fully saturated rings. The number of aromatic hydroxyl groups is 2. The third-order valence-corrected chi connectivity index (χ3v) is 6.64. The highest BCUT2D eigenvalue weighted by Crippen LogP contribution is 2.37. The van der Waals surface area contributed by atoms with Gasteiger partial charge in [0, 0.05) is 30.4 Å². The fourth-order valence-electron chi connectivity index (χ4n) is 4.50. The number of hydrogen-bond donors (Lipinski definition) is 7. The van der Waals surface area contributed by atoms with Gasteiger partial charge in [0.05, 0.1) is 37.1 Å². The minimum absolute atomic E-state index is 0.00176. The Labute approximate surface area is 212 Å². The topological polar surface area (TPSA) is 203 Å². The summed E-state index contributed by atoms with van der Waals surface area (Å²) in [5.41, 5.74) is 0.692. The molecule has 1 heterocycles. The van der Waals surface area contributed by atoms with Crippen LogP contribution in [0.2, 0.25) is 0 Å². The van der Waals surface area contributed by atoms with E-state index in [9.17, 15) is 45.3 Å². The molecule has 37 heavy (non-hydrogen) atoms. The Morgan fingerprint density at radius 3 is 2.46 bits per heavy atom. The van der Waals surface area contributed by atoms with Crippen molar-refractivity contribution >= 4 is 11.9 Å². The average molecular weight is 525 g/mol. The van der Waals surface area contributed by atoms with Crippen LogP contribution in [-0.2, 0) is 30.2 Å². The van der Waals surface area contributed by atoms with Crippen molar-refractivity contribution in [1.29, 1.82) is 0 Å². The number of allylic oxidation sites excluding steroid dienone is 1. The van der Waals surface area contributed by atoms with Crippen molar-refractivity contribution in [3.63, 3.8) is 0 Å². The van der Waals surface area contributed by atoms with Crippen molar-refractivity contribution in [3.05, 3.63) is 47.2 Å². The summed E-state index contributed by atoms with van der Waals surface area (Å²) in [5, 5.41) is 68.6. The fourth-order valence-corrected chi connectivity index (χ4v) is 4.50. The zero-order valence-corrected chi connectivity index (χ0v) is 20.1. The van der Waals surface area contributed by atoms with Gasteiger partial charge >= 0.3 is 11.9 Å². The number of carboxylic acid groups (broad SMARTS) is 1. The number of esters is 1. The first-order valence-electron chi connectivity index (χ1n) is 11.8. The molecule has 0 spiro atoms. The van der Waals surface area contributed by atoms with Crippen LogP contribution < -0.4 is 0 Å². The molecule has 0 amide bonds. The Balaban J connectivity index is 1.68. The van der Waals surface area contributed by atoms with Gasteiger partial charge in [-0.3, -0.25) is 4.79 Å². The second-order valence-electron chi connectivity index (χ2n) is 9.01. The number of phenolic OH excluding ortho intramolecular Hbond substituents is 2. The third-order valence-electron chi connectivity index (χ3n) is 6.64. The van der Waals surface area contributed by atoms with E-state index in [1.54, 1.807) is 13.0 Å². The van der Waals surface area contributed by atoms with Gasteiger partial charge in [0.25, 0.3) is 0 Å². The third kappa shape index (κ3) is 6.59. The van der Waals surface area contributed by atoms with Crippen LogP contribution >= 0.6 is 0 Å². The lowest BCUT2D eigenvalue weighted by Gasteiger charge is -2.42. The Kier molecular flexibility index (Phi) is 9.51. The summed E-state index contributed by atoms with van der Waals surface area (Å²) in [6, 6.07) is 4.20. The quantitative estimate of drug-likeness (QED) is 0.129. The van der Waals surface area contributed by atoms with Crippen molar-refractivity contribution in [3.8, 4) is 11.5 Å². The van der Waals surface area contributed by atoms with Gasteiger partial charge in [0.15, 0.2) is 11.5 Å². The Bertz CT molecular complexity index is 1030. The van der Waals surface area contributed by atoms with E-state index in [-0.39, 0.29) is 48.5 Å². The number of ether oxygens (including phenoxy) is 3. The number of rotatable bonds is 9. The number of aliphatic carboxylic acids is 1. The normalized spacial score (nSPS) is 30.9. The number of carbonyl (C=O) groups excluding carboxylic acids is 1. The lowest BCUT2D eigenvalue weighted by Crippen LogP contribution is -2.56. The van der Waals surface area contributed by atoms with Gasteiger partial charge in [0.1, 0.15) is 12.2 Å². The summed E-state index contributed by atoms with van der Waals surface area (Å²) in [6.07, 6.45) is -4.28. The maximum absolute atomic E-state index is 12.6. The van der Waals surface area contributed by atoms with E-state index in [0.717, 1.165) is 6.26 Å². The van der Waals surface area contributed by atoms with Gasteiger partial charge in [-0.2, -0.15) is 0 Å². The van der Waals surface area contributed by atoms with E-state index in [1.807, 2.05) is 0 Å². The van der Waals surface area contributed by atoms with Crippen molar-refractivity contribution < 1.29 is 59.5 Å². The molecule has 0 aromatic heterocycles. The van der Waals surface area contributed by atoms with Crippen molar-refractivity contribution in [2.75, 3.05) is 13.2 Å². The summed E-state index contributed by atoms with van der Waals surface area (Å²) in [4.78, 5) is 24.4. The molecular formula is C25H32O12. The zero-order chi connectivity index (χ0) is 27.3. The van der Waals surface area contributed by atoms with E-state index in [1.165, 1.54) is 18.2 Å². The maximum Gasteiger partial charge on any atom is 0.335 e. The first-order valence-corrected chi connectivity index (χ1v) is 11.8. The molecule has 7 N–H and O–H groups in total. The van der Waals surface area contributed by atoms with Gasteiger partial charge in [-0.1, -0.05) is 12.1 Å². The molecule has 1 aromatic carbocycles. The van der Waals surface area contributed by atoms with Crippen LogP contribution in [-0.4, -0.2) is 91.6 Å². The number of hydrogen-bond acceptors (Lipinski definition) is 11. The van der Waals surface area contributed by atoms with Gasteiger partial charge < -0.3 is 50.0 Å². The Morgan fingerprint density at radius 2 is 1.84 bits per heavy atom. The molecule has 1 saturated carbocycles. The van der Waals surface area contributed by atoms with Gasteiger partial charge in [-0.25, -0.2) is 4.79 Å². The minimum atomic E-state index is -1.57. The number of benzene rings is 1. The lowest BCUT2D eigenvalue weighted by molar-refractivity contribution is -0.219. The highest BCUT2D eigenvalue weighted by atomic mass is 16.7. The molecule has 1 aliphatic carbocycles. The summed E-state index contributed by atoms with van der Waals surface area (Å²) in [6.45, 7) is 1.09. The van der Waals surface area contributed by atoms with E-state index in [4.69, 9.17) is 14.2 Å². The fraction of sp³-hybridized carbons (Fsp3) is 0.520. The van der Waals surface area contributed by atoms with E-state index < -0.39 is 61.1 Å². The molecule has 12 heteroatoms. The van der Waals surface area contributed by atoms with Crippen LogP contribution in [0.15, 0.2) is 41.7 Å². The van der Waals surface area contributed by atoms with Gasteiger partial charge in [-0.15, -0.1) is 0 Å². The maximum atomic E-state index is 12.6. The molecule has 0 radical (unpaired) electrons. The Hall–Kier alpha value is -3.16. The monoisotopic (exact) mass is 524 g/mol. The zero-order valence-electron chi connectivity index (χ0n) is 20.1. The highest BCUT2D eigenvalue weighted by molar-refractivity contribution is 5.89. The highest BCUT2D eigenvalue weighted by Gasteiger charge is 2.45. The molecule has 1 aliphatic heterocycles. The first-order chi connectivity index (χ1) is 17.6. The second-order valence-corrected chi connectivity index (χ2v) is 9.01. The summed E-state index contributed by atoms with van der Waals surface area (Å²) in [5.74, 6) is -4.32. The van der Waals surface area contributed by atoms with Crippen molar-refractivity contribution in [2.24, 2.45) is 11.8 Å². The molecule has 3 rings (SSSR count). The molecule has 0 bridgehead atoms. The summed E-state index contributed by atoms with van der Waals surface area (Å²) >= 11 is 0. The number of aliphatic hydroxyl groups excluding tert-OH is 4. The molecular weight excluding hydrogens is 492 g/mol. The lowest BCUT2D eigenvalue weighted by atomic mass is 9.81. The molecule has 12 nitrogen and oxygen atoms in total. The van der Waals surface area contributed by atoms with Crippen LogP contribution in [0.3, 0.4) is 0 Å². The van der Waals surface area contributed by atoms with Crippen molar-refractivity contribution in [2.45, 2.75) is 56.9 Å². The van der Waals surface area contributed by atoms with Crippen LogP contribution in [0, 0.1) is 11.8 Å². The predicted molar refractivity (Wildman–Crippen MR) is 125 cm³/mol. The number of aliphatic hydroxyl groups is 4. The molecule has 7 unspecified atom stereocenters. The first kappa shape index (κ1) is 28.4. The number of carboxylic acids is 1. The number of phenols is 2. The van der Waals surface area contributed by atoms with Crippen LogP contribution in [0.5, 0.6) is 11.5 Å². The van der Waals surface area contributed by atoms with E-state index in [0.29, 0.717) is 5.56 Å². The molecule has 0 saturated heterocycles. The number of carbonyl (C=O) groups is 2. The molecule has 204 valence electrons. The van der Waals surface area contributed by atoms with Crippen LogP contribution in [0.25, 0.3) is 0 Å². The predicted octanol–water partition coefficient (Wildman–Crippen LogP) is -0.0590. The molecule has 2 aliphatic rings. The van der Waals surface area contributed by atoms with E-state index in [2.05, 4.69) is 0 Å². The molecule has 7 atom stereocenters. The van der Waals surface area contributed by atoms with Gasteiger partial charge in [0.2, 0.25) is 6.29 Å². The van der Waals surface area contributed by atoms with Crippen LogP contribution in [0.1, 0.15) is 25.3 Å². The van der Waals surface area contributed by atoms with Crippen molar-refractivity contribution in [1.82, 2.24) is 0 Å². The van der Waals surface area contributed by atoms with E-state index >= 15 is 0 Å². The minimum Gasteiger partial charge on any atom is -0.504 e. The second kappa shape index (κ2) is 12.4.